The minimum Gasteiger partial charge on any atom is -0.454 e. The molecule has 1 aliphatic carbocycles. The summed E-state index contributed by atoms with van der Waals surface area (Å²) in [5.74, 6) is 0.622. The Morgan fingerprint density at radius 1 is 1.00 bits per heavy atom. The Morgan fingerprint density at radius 2 is 1.76 bits per heavy atom. The zero-order valence-corrected chi connectivity index (χ0v) is 19.1. The Bertz CT molecular complexity index is 1290. The molecule has 0 radical (unpaired) electrons. The van der Waals surface area contributed by atoms with Crippen LogP contribution in [0.25, 0.3) is 34.2 Å². The van der Waals surface area contributed by atoms with Gasteiger partial charge in [-0.25, -0.2) is 4.68 Å². The van der Waals surface area contributed by atoms with Crippen molar-refractivity contribution in [3.63, 3.8) is 0 Å². The van der Waals surface area contributed by atoms with Gasteiger partial charge in [0.1, 0.15) is 11.3 Å². The van der Waals surface area contributed by atoms with E-state index in [4.69, 9.17) is 9.52 Å². The Balaban J connectivity index is 1.23. The zero-order valence-electron chi connectivity index (χ0n) is 19.1. The number of nitrogens with zero attached hydrogens (tertiary/aromatic N) is 3. The van der Waals surface area contributed by atoms with Gasteiger partial charge < -0.3 is 14.6 Å². The van der Waals surface area contributed by atoms with Crippen LogP contribution in [0.15, 0.2) is 77.4 Å². The van der Waals surface area contributed by atoms with Crippen molar-refractivity contribution in [2.45, 2.75) is 37.8 Å². The van der Waals surface area contributed by atoms with Gasteiger partial charge in [-0.15, -0.1) is 0 Å². The highest BCUT2D eigenvalue weighted by molar-refractivity contribution is 5.93. The molecule has 6 nitrogen and oxygen atoms in total. The summed E-state index contributed by atoms with van der Waals surface area (Å²) in [6.07, 6.45) is 10.1. The molecule has 1 amide bonds. The largest absolute Gasteiger partial charge is 0.454 e. The van der Waals surface area contributed by atoms with Crippen molar-refractivity contribution in [3.8, 4) is 17.1 Å². The number of likely N-dealkylation sites (tertiary alicyclic amines) is 1. The van der Waals surface area contributed by atoms with Gasteiger partial charge in [0.2, 0.25) is 5.91 Å². The molecule has 172 valence electrons. The molecule has 1 saturated carbocycles. The molecule has 2 fully saturated rings. The minimum absolute atomic E-state index is 0.0621. The number of furan rings is 1. The van der Waals surface area contributed by atoms with E-state index in [0.29, 0.717) is 11.5 Å². The molecule has 0 unspecified atom stereocenters. The fraction of sp³-hybridized carbons (Fsp3) is 0.286. The minimum atomic E-state index is -0.0621. The first-order valence-electron chi connectivity index (χ1n) is 12.1. The molecule has 2 aromatic carbocycles. The van der Waals surface area contributed by atoms with Gasteiger partial charge in [0.25, 0.3) is 0 Å². The van der Waals surface area contributed by atoms with Crippen molar-refractivity contribution in [1.82, 2.24) is 20.0 Å². The Hall–Kier alpha value is -3.64. The third kappa shape index (κ3) is 4.41. The lowest BCUT2D eigenvalue weighted by atomic mass is 10.0. The number of amides is 1. The number of benzene rings is 2. The van der Waals surface area contributed by atoms with Crippen molar-refractivity contribution in [1.29, 1.82) is 0 Å². The van der Waals surface area contributed by atoms with Gasteiger partial charge in [0, 0.05) is 48.4 Å². The van der Waals surface area contributed by atoms with E-state index in [-0.39, 0.29) is 11.9 Å². The van der Waals surface area contributed by atoms with Crippen LogP contribution in [0.2, 0.25) is 0 Å². The molecule has 3 heterocycles. The third-order valence-electron chi connectivity index (χ3n) is 6.78. The Labute approximate surface area is 198 Å². The van der Waals surface area contributed by atoms with Crippen LogP contribution in [0.3, 0.4) is 0 Å². The fourth-order valence-corrected chi connectivity index (χ4v) is 4.78. The molecule has 0 atom stereocenters. The van der Waals surface area contributed by atoms with Crippen molar-refractivity contribution < 1.29 is 9.21 Å². The van der Waals surface area contributed by atoms with Gasteiger partial charge in [-0.3, -0.25) is 4.79 Å². The maximum Gasteiger partial charge on any atom is 0.244 e. The number of carbonyl (C=O) groups excluding carboxylic acids is 1. The average molecular weight is 453 g/mol. The second-order valence-electron chi connectivity index (χ2n) is 9.24. The third-order valence-corrected chi connectivity index (χ3v) is 6.78. The highest BCUT2D eigenvalue weighted by atomic mass is 16.3. The quantitative estimate of drug-likeness (QED) is 0.416. The molecule has 2 aliphatic rings. The molecule has 6 heteroatoms. The van der Waals surface area contributed by atoms with E-state index in [0.717, 1.165) is 54.2 Å². The lowest BCUT2D eigenvalue weighted by Gasteiger charge is -2.32. The van der Waals surface area contributed by atoms with E-state index in [1.165, 1.54) is 12.8 Å². The van der Waals surface area contributed by atoms with Gasteiger partial charge in [0.05, 0.1) is 5.69 Å². The van der Waals surface area contributed by atoms with E-state index in [1.807, 2.05) is 77.6 Å². The first kappa shape index (κ1) is 20.9. The molecule has 0 bridgehead atoms. The molecule has 2 aromatic heterocycles. The lowest BCUT2D eigenvalue weighted by molar-refractivity contribution is -0.117. The molecule has 1 saturated heterocycles. The molecular weight excluding hydrogens is 424 g/mol. The fourth-order valence-electron chi connectivity index (χ4n) is 4.78. The maximum atomic E-state index is 12.7. The maximum absolute atomic E-state index is 12.7. The highest BCUT2D eigenvalue weighted by Crippen LogP contribution is 2.31. The summed E-state index contributed by atoms with van der Waals surface area (Å²) in [5.41, 5.74) is 3.31. The summed E-state index contributed by atoms with van der Waals surface area (Å²) in [7, 11) is 0. The second kappa shape index (κ2) is 8.95. The number of aromatic nitrogens is 2. The van der Waals surface area contributed by atoms with E-state index in [2.05, 4.69) is 10.2 Å². The van der Waals surface area contributed by atoms with Crippen molar-refractivity contribution in [3.05, 3.63) is 78.5 Å². The summed E-state index contributed by atoms with van der Waals surface area (Å²) in [6.45, 7) is 2.17. The molecule has 1 aliphatic heterocycles. The highest BCUT2D eigenvalue weighted by Gasteiger charge is 2.31. The Kier molecular flexibility index (Phi) is 5.51. The number of hydrogen-bond donors (Lipinski definition) is 1. The topological polar surface area (TPSA) is 63.3 Å². The lowest BCUT2D eigenvalue weighted by Crippen LogP contribution is -2.44. The van der Waals surface area contributed by atoms with E-state index < -0.39 is 0 Å². The van der Waals surface area contributed by atoms with Crippen LogP contribution in [-0.4, -0.2) is 45.8 Å². The number of nitrogens with one attached hydrogen (secondary N) is 1. The summed E-state index contributed by atoms with van der Waals surface area (Å²) in [5, 5.41) is 9.01. The van der Waals surface area contributed by atoms with E-state index >= 15 is 0 Å². The first-order chi connectivity index (χ1) is 16.7. The van der Waals surface area contributed by atoms with E-state index in [9.17, 15) is 4.79 Å². The van der Waals surface area contributed by atoms with Gasteiger partial charge in [0.15, 0.2) is 5.76 Å². The van der Waals surface area contributed by atoms with Crippen molar-refractivity contribution in [2.24, 2.45) is 0 Å². The summed E-state index contributed by atoms with van der Waals surface area (Å²) >= 11 is 0. The molecule has 1 N–H and O–H groups in total. The Morgan fingerprint density at radius 3 is 2.53 bits per heavy atom. The number of hydrogen-bond acceptors (Lipinski definition) is 4. The standard InChI is InChI=1S/C28H28N4O2/c33-27(29-22-14-16-31(17-15-22)23-11-12-23)13-10-21-19-32(24-7-2-1-3-8-24)30-28(21)26-18-20-6-4-5-9-25(20)34-26/h1-10,13,18-19,22-23H,11-12,14-17H2,(H,29,33)/b13-10+. The monoisotopic (exact) mass is 452 g/mol. The van der Waals surface area contributed by atoms with Crippen LogP contribution in [0.5, 0.6) is 0 Å². The van der Waals surface area contributed by atoms with Crippen LogP contribution in [0, 0.1) is 0 Å². The SMILES string of the molecule is O=C(/C=C/c1cn(-c2ccccc2)nc1-c1cc2ccccc2o1)NC1CCN(C2CC2)CC1. The number of fused-ring (bicyclic) bond motifs is 1. The molecule has 4 aromatic rings. The number of piperidine rings is 1. The molecular formula is C28H28N4O2. The molecule has 34 heavy (non-hydrogen) atoms. The van der Waals surface area contributed by atoms with Gasteiger partial charge >= 0.3 is 0 Å². The van der Waals surface area contributed by atoms with Gasteiger partial charge in [-0.2, -0.15) is 5.10 Å². The van der Waals surface area contributed by atoms with Gasteiger partial charge in [-0.05, 0) is 56.0 Å². The average Bonchev–Trinajstić information content (AvgIpc) is 3.49. The zero-order chi connectivity index (χ0) is 22.9. The van der Waals surface area contributed by atoms with E-state index in [1.54, 1.807) is 6.08 Å². The first-order valence-corrected chi connectivity index (χ1v) is 12.1. The van der Waals surface area contributed by atoms with Gasteiger partial charge in [-0.1, -0.05) is 36.4 Å². The van der Waals surface area contributed by atoms with Crippen LogP contribution in [0.1, 0.15) is 31.2 Å². The van der Waals surface area contributed by atoms with Crippen LogP contribution >= 0.6 is 0 Å². The van der Waals surface area contributed by atoms with Crippen molar-refractivity contribution >= 4 is 23.0 Å². The second-order valence-corrected chi connectivity index (χ2v) is 9.24. The smallest absolute Gasteiger partial charge is 0.244 e. The predicted octanol–water partition coefficient (Wildman–Crippen LogP) is 5.04. The summed E-state index contributed by atoms with van der Waals surface area (Å²) < 4.78 is 7.92. The number of carbonyl (C=O) groups is 1. The molecule has 6 rings (SSSR count). The van der Waals surface area contributed by atoms with Crippen LogP contribution in [-0.2, 0) is 4.79 Å². The predicted molar refractivity (Wildman–Crippen MR) is 134 cm³/mol. The van der Waals surface area contributed by atoms with Crippen LogP contribution < -0.4 is 5.32 Å². The summed E-state index contributed by atoms with van der Waals surface area (Å²) in [6, 6.07) is 20.9. The number of para-hydroxylation sites is 2. The van der Waals surface area contributed by atoms with Crippen LogP contribution in [0.4, 0.5) is 0 Å². The number of rotatable bonds is 6. The normalized spacial score (nSPS) is 17.5. The summed E-state index contributed by atoms with van der Waals surface area (Å²) in [4.78, 5) is 15.3. The molecule has 0 spiro atoms. The van der Waals surface area contributed by atoms with Crippen molar-refractivity contribution in [2.75, 3.05) is 13.1 Å².